The SMILES string of the molecule is CCCC1CCC(N)C(CN(CCOC)C(CC)CC)C1. The van der Waals surface area contributed by atoms with Crippen LogP contribution in [0.4, 0.5) is 0 Å². The predicted molar refractivity (Wildman–Crippen MR) is 91.5 cm³/mol. The zero-order valence-corrected chi connectivity index (χ0v) is 14.8. The van der Waals surface area contributed by atoms with E-state index in [2.05, 4.69) is 25.7 Å². The van der Waals surface area contributed by atoms with Crippen LogP contribution in [0.25, 0.3) is 0 Å². The number of rotatable bonds is 10. The summed E-state index contributed by atoms with van der Waals surface area (Å²) in [6.07, 6.45) is 9.03. The highest BCUT2D eigenvalue weighted by Crippen LogP contribution is 2.32. The molecule has 0 aromatic rings. The van der Waals surface area contributed by atoms with Crippen molar-refractivity contribution in [1.29, 1.82) is 0 Å². The highest BCUT2D eigenvalue weighted by atomic mass is 16.5. The average Bonchev–Trinajstić information content (AvgIpc) is 2.49. The lowest BCUT2D eigenvalue weighted by Gasteiger charge is -2.39. The molecule has 0 bridgehead atoms. The molecule has 0 aliphatic heterocycles. The van der Waals surface area contributed by atoms with E-state index in [4.69, 9.17) is 10.5 Å². The minimum Gasteiger partial charge on any atom is -0.383 e. The second-order valence-electron chi connectivity index (χ2n) is 6.85. The zero-order valence-electron chi connectivity index (χ0n) is 14.8. The van der Waals surface area contributed by atoms with E-state index < -0.39 is 0 Å². The topological polar surface area (TPSA) is 38.5 Å². The minimum atomic E-state index is 0.400. The number of hydrogen-bond donors (Lipinski definition) is 1. The Morgan fingerprint density at radius 1 is 1.19 bits per heavy atom. The summed E-state index contributed by atoms with van der Waals surface area (Å²) in [6.45, 7) is 9.94. The van der Waals surface area contributed by atoms with Gasteiger partial charge in [-0.1, -0.05) is 33.6 Å². The van der Waals surface area contributed by atoms with Crippen LogP contribution in [0.15, 0.2) is 0 Å². The first-order valence-electron chi connectivity index (χ1n) is 9.14. The summed E-state index contributed by atoms with van der Waals surface area (Å²) in [5, 5.41) is 0. The molecule has 1 aliphatic rings. The normalized spacial score (nSPS) is 26.7. The number of hydrogen-bond acceptors (Lipinski definition) is 3. The molecule has 0 saturated heterocycles. The Hall–Kier alpha value is -0.120. The molecular formula is C18H38N2O. The van der Waals surface area contributed by atoms with Crippen LogP contribution in [0, 0.1) is 11.8 Å². The standard InChI is InChI=1S/C18H38N2O/c1-5-8-15-9-10-18(19)16(13-15)14-20(11-12-21-4)17(6-2)7-3/h15-18H,5-14,19H2,1-4H3. The second-order valence-corrected chi connectivity index (χ2v) is 6.85. The highest BCUT2D eigenvalue weighted by molar-refractivity contribution is 4.86. The highest BCUT2D eigenvalue weighted by Gasteiger charge is 2.30. The third-order valence-electron chi connectivity index (χ3n) is 5.36. The summed E-state index contributed by atoms with van der Waals surface area (Å²) in [5.74, 6) is 1.58. The van der Waals surface area contributed by atoms with Crippen LogP contribution in [0.2, 0.25) is 0 Å². The minimum absolute atomic E-state index is 0.400. The fraction of sp³-hybridized carbons (Fsp3) is 1.00. The first kappa shape index (κ1) is 18.9. The summed E-state index contributed by atoms with van der Waals surface area (Å²) in [4.78, 5) is 2.64. The summed E-state index contributed by atoms with van der Waals surface area (Å²) >= 11 is 0. The van der Waals surface area contributed by atoms with E-state index in [0.29, 0.717) is 18.0 Å². The van der Waals surface area contributed by atoms with Gasteiger partial charge in [0, 0.05) is 32.3 Å². The summed E-state index contributed by atoms with van der Waals surface area (Å²) in [6, 6.07) is 1.08. The Labute approximate surface area is 132 Å². The Balaban J connectivity index is 2.61. The van der Waals surface area contributed by atoms with Crippen molar-refractivity contribution in [3.8, 4) is 0 Å². The molecular weight excluding hydrogens is 260 g/mol. The van der Waals surface area contributed by atoms with Gasteiger partial charge in [-0.25, -0.2) is 0 Å². The van der Waals surface area contributed by atoms with Crippen LogP contribution in [-0.4, -0.2) is 43.8 Å². The van der Waals surface area contributed by atoms with Crippen molar-refractivity contribution < 1.29 is 4.74 Å². The van der Waals surface area contributed by atoms with Gasteiger partial charge in [0.05, 0.1) is 6.61 Å². The van der Waals surface area contributed by atoms with E-state index in [1.54, 1.807) is 7.11 Å². The molecule has 3 atom stereocenters. The Morgan fingerprint density at radius 3 is 2.48 bits per heavy atom. The molecule has 3 nitrogen and oxygen atoms in total. The molecule has 126 valence electrons. The number of nitrogens with two attached hydrogens (primary N) is 1. The third-order valence-corrected chi connectivity index (χ3v) is 5.36. The molecule has 0 spiro atoms. The van der Waals surface area contributed by atoms with E-state index in [9.17, 15) is 0 Å². The molecule has 1 fully saturated rings. The first-order chi connectivity index (χ1) is 10.2. The number of nitrogens with zero attached hydrogens (tertiary/aromatic N) is 1. The smallest absolute Gasteiger partial charge is 0.0589 e. The van der Waals surface area contributed by atoms with E-state index in [-0.39, 0.29) is 0 Å². The molecule has 1 aliphatic carbocycles. The number of ether oxygens (including phenoxy) is 1. The van der Waals surface area contributed by atoms with Gasteiger partial charge in [-0.15, -0.1) is 0 Å². The number of methoxy groups -OCH3 is 1. The largest absolute Gasteiger partial charge is 0.383 e. The molecule has 3 unspecified atom stereocenters. The molecule has 0 aromatic carbocycles. The van der Waals surface area contributed by atoms with Crippen LogP contribution < -0.4 is 5.73 Å². The van der Waals surface area contributed by atoms with Crippen molar-refractivity contribution >= 4 is 0 Å². The van der Waals surface area contributed by atoms with Crippen LogP contribution in [0.3, 0.4) is 0 Å². The summed E-state index contributed by atoms with van der Waals surface area (Å²) in [5.41, 5.74) is 6.44. The van der Waals surface area contributed by atoms with Crippen molar-refractivity contribution in [3.05, 3.63) is 0 Å². The van der Waals surface area contributed by atoms with Gasteiger partial charge in [-0.3, -0.25) is 4.90 Å². The molecule has 0 amide bonds. The molecule has 1 rings (SSSR count). The molecule has 1 saturated carbocycles. The third kappa shape index (κ3) is 6.25. The fourth-order valence-corrected chi connectivity index (χ4v) is 4.00. The fourth-order valence-electron chi connectivity index (χ4n) is 4.00. The van der Waals surface area contributed by atoms with E-state index in [1.807, 2.05) is 0 Å². The lowest BCUT2D eigenvalue weighted by Crippen LogP contribution is -2.47. The molecule has 0 aromatic heterocycles. The molecule has 2 N–H and O–H groups in total. The second kappa shape index (κ2) is 10.6. The monoisotopic (exact) mass is 298 g/mol. The maximum absolute atomic E-state index is 6.44. The zero-order chi connectivity index (χ0) is 15.7. The predicted octanol–water partition coefficient (Wildman–Crippen LogP) is 3.67. The van der Waals surface area contributed by atoms with Gasteiger partial charge in [-0.2, -0.15) is 0 Å². The van der Waals surface area contributed by atoms with Crippen molar-refractivity contribution in [2.24, 2.45) is 17.6 Å². The van der Waals surface area contributed by atoms with Crippen LogP contribution in [-0.2, 0) is 4.74 Å². The van der Waals surface area contributed by atoms with Gasteiger partial charge < -0.3 is 10.5 Å². The lowest BCUT2D eigenvalue weighted by atomic mass is 9.76. The molecule has 0 heterocycles. The lowest BCUT2D eigenvalue weighted by molar-refractivity contribution is 0.0808. The summed E-state index contributed by atoms with van der Waals surface area (Å²) in [7, 11) is 1.80. The molecule has 3 heteroatoms. The van der Waals surface area contributed by atoms with E-state index in [0.717, 1.165) is 25.6 Å². The van der Waals surface area contributed by atoms with Gasteiger partial charge in [0.15, 0.2) is 0 Å². The van der Waals surface area contributed by atoms with Crippen LogP contribution in [0.1, 0.15) is 65.7 Å². The Morgan fingerprint density at radius 2 is 1.90 bits per heavy atom. The van der Waals surface area contributed by atoms with Gasteiger partial charge in [0.1, 0.15) is 0 Å². The van der Waals surface area contributed by atoms with Gasteiger partial charge in [0.2, 0.25) is 0 Å². The summed E-state index contributed by atoms with van der Waals surface area (Å²) < 4.78 is 5.31. The quantitative estimate of drug-likeness (QED) is 0.669. The van der Waals surface area contributed by atoms with Gasteiger partial charge in [-0.05, 0) is 43.9 Å². The van der Waals surface area contributed by atoms with E-state index >= 15 is 0 Å². The van der Waals surface area contributed by atoms with Gasteiger partial charge in [0.25, 0.3) is 0 Å². The Bertz CT molecular complexity index is 256. The van der Waals surface area contributed by atoms with E-state index in [1.165, 1.54) is 44.9 Å². The maximum Gasteiger partial charge on any atom is 0.0589 e. The van der Waals surface area contributed by atoms with Gasteiger partial charge >= 0.3 is 0 Å². The van der Waals surface area contributed by atoms with Crippen molar-refractivity contribution in [2.75, 3.05) is 26.8 Å². The average molecular weight is 299 g/mol. The van der Waals surface area contributed by atoms with Crippen molar-refractivity contribution in [1.82, 2.24) is 4.90 Å². The van der Waals surface area contributed by atoms with Crippen molar-refractivity contribution in [3.63, 3.8) is 0 Å². The van der Waals surface area contributed by atoms with Crippen LogP contribution in [0.5, 0.6) is 0 Å². The van der Waals surface area contributed by atoms with Crippen molar-refractivity contribution in [2.45, 2.75) is 77.8 Å². The first-order valence-corrected chi connectivity index (χ1v) is 9.14. The Kier molecular flexibility index (Phi) is 9.54. The molecule has 0 radical (unpaired) electrons. The molecule has 21 heavy (non-hydrogen) atoms. The van der Waals surface area contributed by atoms with Crippen LogP contribution >= 0.6 is 0 Å². The maximum atomic E-state index is 6.44.